The zero-order valence-electron chi connectivity index (χ0n) is 15.3. The van der Waals surface area contributed by atoms with Gasteiger partial charge in [-0.25, -0.2) is 4.79 Å². The van der Waals surface area contributed by atoms with E-state index in [0.717, 1.165) is 0 Å². The molecule has 2 heterocycles. The lowest BCUT2D eigenvalue weighted by Crippen LogP contribution is -2.19. The Bertz CT molecular complexity index is 1240. The largest absolute Gasteiger partial charge is 0.493 e. The van der Waals surface area contributed by atoms with Crippen LogP contribution < -0.4 is 20.4 Å². The molecule has 0 aliphatic heterocycles. The first-order chi connectivity index (χ1) is 13.6. The molecule has 0 aliphatic carbocycles. The van der Waals surface area contributed by atoms with Gasteiger partial charge >= 0.3 is 5.63 Å². The number of amides is 1. The van der Waals surface area contributed by atoms with Crippen molar-refractivity contribution < 1.29 is 18.7 Å². The predicted octanol–water partition coefficient (Wildman–Crippen LogP) is 2.80. The molecular formula is C20H17N3O5. The Labute approximate surface area is 159 Å². The highest BCUT2D eigenvalue weighted by molar-refractivity contribution is 6.02. The Hall–Kier alpha value is -3.81. The fourth-order valence-corrected chi connectivity index (χ4v) is 3.10. The molecule has 0 aliphatic rings. The summed E-state index contributed by atoms with van der Waals surface area (Å²) in [6.45, 7) is -0.0642. The SMILES string of the molecule is COc1ccc(NC(=O)Cn2ncc3c(=O)oc4ccccc4c32)cc1OC. The van der Waals surface area contributed by atoms with Crippen molar-refractivity contribution >= 4 is 33.5 Å². The van der Waals surface area contributed by atoms with Crippen LogP contribution in [0.15, 0.2) is 57.9 Å². The first-order valence-corrected chi connectivity index (χ1v) is 8.50. The number of anilines is 1. The van der Waals surface area contributed by atoms with E-state index in [4.69, 9.17) is 13.9 Å². The van der Waals surface area contributed by atoms with Gasteiger partial charge in [-0.3, -0.25) is 9.48 Å². The molecule has 142 valence electrons. The summed E-state index contributed by atoms with van der Waals surface area (Å²) in [6.07, 6.45) is 1.41. The molecule has 0 bridgehead atoms. The molecule has 8 heteroatoms. The van der Waals surface area contributed by atoms with Crippen LogP contribution in [0.2, 0.25) is 0 Å². The second-order valence-electron chi connectivity index (χ2n) is 6.07. The molecule has 0 fully saturated rings. The number of carbonyl (C=O) groups is 1. The predicted molar refractivity (Wildman–Crippen MR) is 104 cm³/mol. The number of benzene rings is 2. The summed E-state index contributed by atoms with van der Waals surface area (Å²) < 4.78 is 17.2. The van der Waals surface area contributed by atoms with E-state index in [-0.39, 0.29) is 12.5 Å². The van der Waals surface area contributed by atoms with Gasteiger partial charge < -0.3 is 19.2 Å². The minimum atomic E-state index is -0.486. The molecule has 0 saturated heterocycles. The van der Waals surface area contributed by atoms with Gasteiger partial charge in [0.15, 0.2) is 11.5 Å². The van der Waals surface area contributed by atoms with E-state index in [1.807, 2.05) is 12.1 Å². The minimum Gasteiger partial charge on any atom is -0.493 e. The number of nitrogens with one attached hydrogen (secondary N) is 1. The summed E-state index contributed by atoms with van der Waals surface area (Å²) in [4.78, 5) is 24.7. The van der Waals surface area contributed by atoms with E-state index in [2.05, 4.69) is 10.4 Å². The van der Waals surface area contributed by atoms with E-state index < -0.39 is 5.63 Å². The van der Waals surface area contributed by atoms with Gasteiger partial charge in [-0.1, -0.05) is 12.1 Å². The molecule has 8 nitrogen and oxygen atoms in total. The van der Waals surface area contributed by atoms with Gasteiger partial charge in [0.2, 0.25) is 5.91 Å². The fraction of sp³-hybridized carbons (Fsp3) is 0.150. The zero-order chi connectivity index (χ0) is 19.7. The maximum Gasteiger partial charge on any atom is 0.347 e. The highest BCUT2D eigenvalue weighted by atomic mass is 16.5. The Balaban J connectivity index is 1.65. The molecule has 4 aromatic rings. The maximum absolute atomic E-state index is 12.6. The first-order valence-electron chi connectivity index (χ1n) is 8.50. The number of carbonyl (C=O) groups excluding carboxylic acids is 1. The smallest absolute Gasteiger partial charge is 0.347 e. The lowest BCUT2D eigenvalue weighted by Gasteiger charge is -2.11. The van der Waals surface area contributed by atoms with Crippen molar-refractivity contribution in [2.75, 3.05) is 19.5 Å². The molecule has 2 aromatic carbocycles. The molecule has 0 unspecified atom stereocenters. The monoisotopic (exact) mass is 379 g/mol. The van der Waals surface area contributed by atoms with Crippen LogP contribution >= 0.6 is 0 Å². The third-order valence-corrected chi connectivity index (χ3v) is 4.36. The average molecular weight is 379 g/mol. The van der Waals surface area contributed by atoms with Gasteiger partial charge in [0, 0.05) is 17.1 Å². The summed E-state index contributed by atoms with van der Waals surface area (Å²) in [6, 6.07) is 12.2. The number of rotatable bonds is 5. The van der Waals surface area contributed by atoms with Crippen LogP contribution in [0.4, 0.5) is 5.69 Å². The topological polar surface area (TPSA) is 95.6 Å². The molecule has 1 N–H and O–H groups in total. The number of hydrogen-bond donors (Lipinski definition) is 1. The Morgan fingerprint density at radius 3 is 2.68 bits per heavy atom. The Kier molecular flexibility index (Phi) is 4.44. The van der Waals surface area contributed by atoms with Crippen LogP contribution in [-0.2, 0) is 11.3 Å². The van der Waals surface area contributed by atoms with Gasteiger partial charge in [-0.2, -0.15) is 5.10 Å². The second-order valence-corrected chi connectivity index (χ2v) is 6.07. The summed E-state index contributed by atoms with van der Waals surface area (Å²) in [5, 5.41) is 8.04. The fourth-order valence-electron chi connectivity index (χ4n) is 3.10. The van der Waals surface area contributed by atoms with E-state index in [9.17, 15) is 9.59 Å². The van der Waals surface area contributed by atoms with Crippen molar-refractivity contribution in [3.05, 3.63) is 59.1 Å². The van der Waals surface area contributed by atoms with Crippen molar-refractivity contribution in [3.8, 4) is 11.5 Å². The average Bonchev–Trinajstić information content (AvgIpc) is 3.12. The van der Waals surface area contributed by atoms with Crippen LogP contribution in [0.5, 0.6) is 11.5 Å². The number of nitrogens with zero attached hydrogens (tertiary/aromatic N) is 2. The summed E-state index contributed by atoms with van der Waals surface area (Å²) in [7, 11) is 3.07. The minimum absolute atomic E-state index is 0.0642. The standard InChI is InChI=1S/C20H17N3O5/c1-26-16-8-7-12(9-17(16)27-2)22-18(24)11-23-19-13-5-3-4-6-15(13)28-20(25)14(19)10-21-23/h3-10H,11H2,1-2H3,(H,22,24). The molecule has 0 radical (unpaired) electrons. The number of para-hydroxylation sites is 1. The quantitative estimate of drug-likeness (QED) is 0.536. The highest BCUT2D eigenvalue weighted by Crippen LogP contribution is 2.29. The molecule has 2 aromatic heterocycles. The number of fused-ring (bicyclic) bond motifs is 3. The normalized spacial score (nSPS) is 10.9. The van der Waals surface area contributed by atoms with Crippen molar-refractivity contribution in [2.45, 2.75) is 6.54 Å². The van der Waals surface area contributed by atoms with Crippen molar-refractivity contribution in [1.29, 1.82) is 0 Å². The van der Waals surface area contributed by atoms with Gasteiger partial charge in [0.25, 0.3) is 0 Å². The van der Waals surface area contributed by atoms with Crippen LogP contribution in [0.25, 0.3) is 21.9 Å². The molecule has 1 amide bonds. The van der Waals surface area contributed by atoms with E-state index in [1.165, 1.54) is 18.0 Å². The van der Waals surface area contributed by atoms with E-state index in [1.54, 1.807) is 37.4 Å². The summed E-state index contributed by atoms with van der Waals surface area (Å²) in [5.41, 5.74) is 1.08. The van der Waals surface area contributed by atoms with Crippen molar-refractivity contribution in [3.63, 3.8) is 0 Å². The molecule has 0 saturated carbocycles. The van der Waals surface area contributed by atoms with Gasteiger partial charge in [-0.15, -0.1) is 0 Å². The van der Waals surface area contributed by atoms with Crippen LogP contribution in [0, 0.1) is 0 Å². The molecule has 0 atom stereocenters. The lowest BCUT2D eigenvalue weighted by atomic mass is 10.2. The van der Waals surface area contributed by atoms with E-state index >= 15 is 0 Å². The first kappa shape index (κ1) is 17.6. The van der Waals surface area contributed by atoms with E-state index in [0.29, 0.717) is 39.1 Å². The Morgan fingerprint density at radius 1 is 1.11 bits per heavy atom. The molecule has 28 heavy (non-hydrogen) atoms. The number of methoxy groups -OCH3 is 2. The number of hydrogen-bond acceptors (Lipinski definition) is 6. The summed E-state index contributed by atoms with van der Waals surface area (Å²) in [5.74, 6) is 0.778. The van der Waals surface area contributed by atoms with Crippen LogP contribution in [-0.4, -0.2) is 29.9 Å². The lowest BCUT2D eigenvalue weighted by molar-refractivity contribution is -0.116. The summed E-state index contributed by atoms with van der Waals surface area (Å²) >= 11 is 0. The molecule has 0 spiro atoms. The van der Waals surface area contributed by atoms with Crippen molar-refractivity contribution in [2.24, 2.45) is 0 Å². The number of aromatic nitrogens is 2. The van der Waals surface area contributed by atoms with Gasteiger partial charge in [0.05, 0.1) is 25.9 Å². The van der Waals surface area contributed by atoms with Gasteiger partial charge in [0.1, 0.15) is 17.5 Å². The zero-order valence-corrected chi connectivity index (χ0v) is 15.3. The second kappa shape index (κ2) is 7.07. The van der Waals surface area contributed by atoms with Crippen LogP contribution in [0.1, 0.15) is 0 Å². The van der Waals surface area contributed by atoms with Gasteiger partial charge in [-0.05, 0) is 24.3 Å². The van der Waals surface area contributed by atoms with Crippen LogP contribution in [0.3, 0.4) is 0 Å². The Morgan fingerprint density at radius 2 is 1.89 bits per heavy atom. The highest BCUT2D eigenvalue weighted by Gasteiger charge is 2.15. The third kappa shape index (κ3) is 3.05. The van der Waals surface area contributed by atoms with Crippen molar-refractivity contribution in [1.82, 2.24) is 9.78 Å². The molecular weight excluding hydrogens is 362 g/mol. The number of ether oxygens (including phenoxy) is 2. The molecule has 4 rings (SSSR count). The third-order valence-electron chi connectivity index (χ3n) is 4.36. The maximum atomic E-state index is 12.6.